The summed E-state index contributed by atoms with van der Waals surface area (Å²) < 4.78 is 2.51. The minimum absolute atomic E-state index is 0.444. The average Bonchev–Trinajstić information content (AvgIpc) is 3.83. The standard InChI is InChI=1S/C59H38N2/c1-4-18-42(19-5-1)59(43-20-6-2-7-21-43)53-28-12-10-25-47(53)52-38-46(32-35-54(52)59)60(44-22-8-3-9-23-44)45-24-14-17-40(36-45)41-31-33-49-51-34-30-39-16-15-27-50-48-26-11-13-29-55(48)61(56(49)37-41)58(51)57(39)50/h1-38H. The molecule has 0 saturated carbocycles. The molecule has 2 nitrogen and oxygen atoms in total. The maximum atomic E-state index is 2.51. The van der Waals surface area contributed by atoms with Gasteiger partial charge in [0, 0.05) is 38.6 Å². The molecule has 61 heavy (non-hydrogen) atoms. The first-order valence-electron chi connectivity index (χ1n) is 21.2. The third kappa shape index (κ3) is 4.79. The molecule has 1 aliphatic rings. The Kier molecular flexibility index (Phi) is 7.26. The van der Waals surface area contributed by atoms with E-state index in [4.69, 9.17) is 0 Å². The van der Waals surface area contributed by atoms with Crippen molar-refractivity contribution in [2.24, 2.45) is 0 Å². The summed E-state index contributed by atoms with van der Waals surface area (Å²) in [4.78, 5) is 2.41. The van der Waals surface area contributed by atoms with E-state index in [1.807, 2.05) is 0 Å². The zero-order valence-corrected chi connectivity index (χ0v) is 33.3. The SMILES string of the molecule is c1ccc(N(c2cccc(-c3ccc4c5ccc6cccc7c8ccccc8n(c4c3)c5c67)c2)c2ccc3c(c2)-c2ccccc2C3(c2ccccc2)c2ccccc2)cc1. The number of hydrogen-bond donors (Lipinski definition) is 0. The van der Waals surface area contributed by atoms with Crippen LogP contribution in [0.3, 0.4) is 0 Å². The number of nitrogens with zero attached hydrogens (tertiary/aromatic N) is 2. The van der Waals surface area contributed by atoms with Gasteiger partial charge in [0.15, 0.2) is 0 Å². The molecule has 0 saturated heterocycles. The van der Waals surface area contributed by atoms with Gasteiger partial charge in [-0.1, -0.05) is 182 Å². The minimum atomic E-state index is -0.444. The molecule has 12 aromatic rings. The third-order valence-electron chi connectivity index (χ3n) is 13.4. The van der Waals surface area contributed by atoms with E-state index >= 15 is 0 Å². The van der Waals surface area contributed by atoms with Crippen molar-refractivity contribution in [1.29, 1.82) is 0 Å². The molecular weight excluding hydrogens is 737 g/mol. The molecule has 284 valence electrons. The minimum Gasteiger partial charge on any atom is -0.310 e. The van der Waals surface area contributed by atoms with E-state index in [1.165, 1.54) is 93.4 Å². The molecule has 0 unspecified atom stereocenters. The van der Waals surface area contributed by atoms with Crippen molar-refractivity contribution < 1.29 is 0 Å². The molecule has 13 rings (SSSR count). The number of para-hydroxylation sites is 2. The second-order valence-corrected chi connectivity index (χ2v) is 16.4. The highest BCUT2D eigenvalue weighted by Gasteiger charge is 2.46. The number of pyridine rings is 1. The molecule has 2 aromatic heterocycles. The van der Waals surface area contributed by atoms with E-state index in [0.717, 1.165) is 17.1 Å². The van der Waals surface area contributed by atoms with Crippen molar-refractivity contribution >= 4 is 65.9 Å². The molecule has 0 fully saturated rings. The first-order valence-corrected chi connectivity index (χ1v) is 21.2. The van der Waals surface area contributed by atoms with Crippen LogP contribution in [0, 0.1) is 0 Å². The zero-order valence-electron chi connectivity index (χ0n) is 33.3. The second kappa shape index (κ2) is 13.0. The Morgan fingerprint density at radius 2 is 0.951 bits per heavy atom. The van der Waals surface area contributed by atoms with Crippen LogP contribution in [0.15, 0.2) is 231 Å². The summed E-state index contributed by atoms with van der Waals surface area (Å²) in [5.74, 6) is 0. The topological polar surface area (TPSA) is 7.65 Å². The predicted octanol–water partition coefficient (Wildman–Crippen LogP) is 15.5. The van der Waals surface area contributed by atoms with Gasteiger partial charge in [-0.15, -0.1) is 0 Å². The zero-order chi connectivity index (χ0) is 40.1. The first-order chi connectivity index (χ1) is 30.3. The third-order valence-corrected chi connectivity index (χ3v) is 13.4. The maximum Gasteiger partial charge on any atom is 0.0713 e. The van der Waals surface area contributed by atoms with Gasteiger partial charge in [-0.2, -0.15) is 0 Å². The highest BCUT2D eigenvalue weighted by molar-refractivity contribution is 6.28. The Labute approximate surface area is 354 Å². The van der Waals surface area contributed by atoms with Gasteiger partial charge in [-0.25, -0.2) is 0 Å². The number of hydrogen-bond acceptors (Lipinski definition) is 1. The maximum absolute atomic E-state index is 2.51. The monoisotopic (exact) mass is 774 g/mol. The Morgan fingerprint density at radius 3 is 1.77 bits per heavy atom. The fourth-order valence-corrected chi connectivity index (χ4v) is 10.9. The lowest BCUT2D eigenvalue weighted by atomic mass is 9.68. The molecule has 0 aliphatic heterocycles. The van der Waals surface area contributed by atoms with Crippen LogP contribution in [0.5, 0.6) is 0 Å². The van der Waals surface area contributed by atoms with Crippen molar-refractivity contribution in [3.63, 3.8) is 0 Å². The normalized spacial score (nSPS) is 13.0. The van der Waals surface area contributed by atoms with Gasteiger partial charge in [0.2, 0.25) is 0 Å². The van der Waals surface area contributed by atoms with Crippen molar-refractivity contribution in [3.8, 4) is 22.3 Å². The van der Waals surface area contributed by atoms with Crippen LogP contribution >= 0.6 is 0 Å². The van der Waals surface area contributed by atoms with Crippen LogP contribution in [0.25, 0.3) is 71.1 Å². The lowest BCUT2D eigenvalue weighted by Crippen LogP contribution is -2.28. The number of anilines is 3. The molecule has 0 spiro atoms. The molecule has 0 bridgehead atoms. The number of aromatic nitrogens is 1. The molecule has 2 heterocycles. The van der Waals surface area contributed by atoms with E-state index in [2.05, 4.69) is 240 Å². The average molecular weight is 775 g/mol. The van der Waals surface area contributed by atoms with Crippen LogP contribution in [-0.2, 0) is 5.41 Å². The fourth-order valence-electron chi connectivity index (χ4n) is 10.9. The van der Waals surface area contributed by atoms with Crippen LogP contribution in [0.4, 0.5) is 17.1 Å². The Bertz CT molecular complexity index is 3600. The summed E-state index contributed by atoms with van der Waals surface area (Å²) in [6.07, 6.45) is 0. The van der Waals surface area contributed by atoms with Crippen molar-refractivity contribution in [3.05, 3.63) is 253 Å². The fraction of sp³-hybridized carbons (Fsp3) is 0.0169. The quantitative estimate of drug-likeness (QED) is 0.121. The smallest absolute Gasteiger partial charge is 0.0713 e. The first kappa shape index (κ1) is 34.0. The highest BCUT2D eigenvalue weighted by atomic mass is 15.1. The summed E-state index contributed by atoms with van der Waals surface area (Å²) in [7, 11) is 0. The van der Waals surface area contributed by atoms with E-state index < -0.39 is 5.41 Å². The van der Waals surface area contributed by atoms with Gasteiger partial charge in [0.25, 0.3) is 0 Å². The number of fused-ring (bicyclic) bond motifs is 9. The summed E-state index contributed by atoms with van der Waals surface area (Å²) in [6.45, 7) is 0. The lowest BCUT2D eigenvalue weighted by molar-refractivity contribution is 0.768. The van der Waals surface area contributed by atoms with Gasteiger partial charge in [-0.3, -0.25) is 0 Å². The Hall–Kier alpha value is -7.94. The predicted molar refractivity (Wildman–Crippen MR) is 256 cm³/mol. The molecule has 2 heteroatoms. The van der Waals surface area contributed by atoms with Gasteiger partial charge in [0.1, 0.15) is 0 Å². The van der Waals surface area contributed by atoms with Gasteiger partial charge >= 0.3 is 0 Å². The molecule has 0 N–H and O–H groups in total. The van der Waals surface area contributed by atoms with Crippen LogP contribution in [0.2, 0.25) is 0 Å². The van der Waals surface area contributed by atoms with Crippen molar-refractivity contribution in [2.45, 2.75) is 5.41 Å². The van der Waals surface area contributed by atoms with Gasteiger partial charge in [0.05, 0.1) is 22.0 Å². The molecular formula is C59H38N2. The summed E-state index contributed by atoms with van der Waals surface area (Å²) >= 11 is 0. The summed E-state index contributed by atoms with van der Waals surface area (Å²) in [5.41, 5.74) is 16.7. The summed E-state index contributed by atoms with van der Waals surface area (Å²) in [5, 5.41) is 7.76. The van der Waals surface area contributed by atoms with Crippen molar-refractivity contribution in [1.82, 2.24) is 4.40 Å². The lowest BCUT2D eigenvalue weighted by Gasteiger charge is -2.34. The van der Waals surface area contributed by atoms with Crippen LogP contribution in [-0.4, -0.2) is 4.40 Å². The summed E-state index contributed by atoms with van der Waals surface area (Å²) in [6, 6.07) is 85.2. The number of benzene rings is 10. The van der Waals surface area contributed by atoms with Crippen molar-refractivity contribution in [2.75, 3.05) is 4.90 Å². The molecule has 1 aliphatic carbocycles. The number of rotatable bonds is 6. The Morgan fingerprint density at radius 1 is 0.344 bits per heavy atom. The van der Waals surface area contributed by atoms with E-state index in [1.54, 1.807) is 0 Å². The van der Waals surface area contributed by atoms with E-state index in [9.17, 15) is 0 Å². The largest absolute Gasteiger partial charge is 0.310 e. The molecule has 0 radical (unpaired) electrons. The second-order valence-electron chi connectivity index (χ2n) is 16.4. The van der Waals surface area contributed by atoms with E-state index in [0.29, 0.717) is 0 Å². The molecule has 10 aromatic carbocycles. The van der Waals surface area contributed by atoms with Gasteiger partial charge < -0.3 is 9.30 Å². The molecule has 0 amide bonds. The van der Waals surface area contributed by atoms with E-state index in [-0.39, 0.29) is 0 Å². The highest BCUT2D eigenvalue weighted by Crippen LogP contribution is 2.57. The van der Waals surface area contributed by atoms with Gasteiger partial charge in [-0.05, 0) is 104 Å². The van der Waals surface area contributed by atoms with Crippen LogP contribution in [0.1, 0.15) is 22.3 Å². The Balaban J connectivity index is 1.00. The molecule has 0 atom stereocenters. The van der Waals surface area contributed by atoms with Crippen LogP contribution < -0.4 is 4.90 Å².